The summed E-state index contributed by atoms with van der Waals surface area (Å²) in [5, 5.41) is 3.97. The third-order valence-corrected chi connectivity index (χ3v) is 2.14. The maximum atomic E-state index is 11.9. The first-order valence-electron chi connectivity index (χ1n) is 4.83. The average molecular weight is 212 g/mol. The largest absolute Gasteiger partial charge is 0.493 e. The molecule has 0 bridgehead atoms. The van der Waals surface area contributed by atoms with E-state index >= 15 is 0 Å². The van der Waals surface area contributed by atoms with Crippen molar-refractivity contribution in [2.45, 2.75) is 20.0 Å². The first kappa shape index (κ1) is 11.7. The Morgan fingerprint density at radius 2 is 2.33 bits per heavy atom. The Morgan fingerprint density at radius 3 is 2.87 bits per heavy atom. The van der Waals surface area contributed by atoms with E-state index in [2.05, 4.69) is 5.10 Å². The zero-order valence-corrected chi connectivity index (χ0v) is 9.48. The second-order valence-electron chi connectivity index (χ2n) is 3.15. The Kier molecular flexibility index (Phi) is 3.85. The first-order valence-corrected chi connectivity index (χ1v) is 4.83. The molecule has 5 heteroatoms. The lowest BCUT2D eigenvalue weighted by Crippen LogP contribution is -2.23. The number of methoxy groups -OCH3 is 1. The van der Waals surface area contributed by atoms with Gasteiger partial charge in [-0.05, 0) is 13.8 Å². The van der Waals surface area contributed by atoms with Crippen LogP contribution in [0, 0.1) is 0 Å². The van der Waals surface area contributed by atoms with Crippen molar-refractivity contribution in [3.05, 3.63) is 11.9 Å². The summed E-state index contributed by atoms with van der Waals surface area (Å²) in [5.41, 5.74) is 0.443. The van der Waals surface area contributed by atoms with E-state index in [-0.39, 0.29) is 5.78 Å². The molecule has 84 valence electrons. The van der Waals surface area contributed by atoms with E-state index in [0.717, 1.165) is 0 Å². The summed E-state index contributed by atoms with van der Waals surface area (Å²) < 4.78 is 11.8. The van der Waals surface area contributed by atoms with Gasteiger partial charge in [0.05, 0.1) is 13.3 Å². The third-order valence-electron chi connectivity index (χ3n) is 2.14. The van der Waals surface area contributed by atoms with Gasteiger partial charge in [0.2, 0.25) is 5.78 Å². The van der Waals surface area contributed by atoms with Crippen molar-refractivity contribution in [3.8, 4) is 5.75 Å². The van der Waals surface area contributed by atoms with Crippen LogP contribution in [0.25, 0.3) is 0 Å². The number of ketones is 1. The van der Waals surface area contributed by atoms with Gasteiger partial charge in [0.15, 0.2) is 5.75 Å². The van der Waals surface area contributed by atoms with E-state index in [1.807, 2.05) is 6.92 Å². The van der Waals surface area contributed by atoms with Gasteiger partial charge in [-0.25, -0.2) is 0 Å². The number of Topliss-reactive ketones (excluding diaryl/α,β-unsaturated/α-hetero) is 1. The number of ether oxygens (including phenoxy) is 2. The number of rotatable bonds is 5. The van der Waals surface area contributed by atoms with Gasteiger partial charge in [0.1, 0.15) is 11.8 Å². The molecule has 0 spiro atoms. The summed E-state index contributed by atoms with van der Waals surface area (Å²) in [6, 6.07) is 0. The van der Waals surface area contributed by atoms with Crippen LogP contribution in [-0.4, -0.2) is 35.4 Å². The van der Waals surface area contributed by atoms with Crippen LogP contribution in [0.5, 0.6) is 5.75 Å². The molecule has 15 heavy (non-hydrogen) atoms. The fourth-order valence-corrected chi connectivity index (χ4v) is 1.37. The van der Waals surface area contributed by atoms with Gasteiger partial charge in [-0.3, -0.25) is 9.48 Å². The van der Waals surface area contributed by atoms with Gasteiger partial charge in [-0.1, -0.05) is 0 Å². The van der Waals surface area contributed by atoms with Crippen LogP contribution in [0.4, 0.5) is 0 Å². The predicted molar refractivity (Wildman–Crippen MR) is 55.2 cm³/mol. The standard InChI is InChI=1S/C10H16N2O3/c1-5-15-7(2)10(13)9-8(14-4)6-11-12(9)3/h6-7H,5H2,1-4H3. The lowest BCUT2D eigenvalue weighted by molar-refractivity contribution is 0.0509. The molecule has 1 rings (SSSR count). The Bertz CT molecular complexity index is 346. The maximum Gasteiger partial charge on any atom is 0.213 e. The molecule has 1 heterocycles. The van der Waals surface area contributed by atoms with Crippen LogP contribution >= 0.6 is 0 Å². The summed E-state index contributed by atoms with van der Waals surface area (Å²) in [6.07, 6.45) is 1.05. The highest BCUT2D eigenvalue weighted by atomic mass is 16.5. The van der Waals surface area contributed by atoms with Crippen molar-refractivity contribution in [1.29, 1.82) is 0 Å². The monoisotopic (exact) mass is 212 g/mol. The lowest BCUT2D eigenvalue weighted by atomic mass is 10.2. The minimum absolute atomic E-state index is 0.117. The number of carbonyl (C=O) groups excluding carboxylic acids is 1. The van der Waals surface area contributed by atoms with Crippen LogP contribution < -0.4 is 4.74 Å². The Balaban J connectivity index is 2.94. The predicted octanol–water partition coefficient (Wildman–Crippen LogP) is 1.04. The van der Waals surface area contributed by atoms with Crippen LogP contribution in [0.1, 0.15) is 24.3 Å². The third kappa shape index (κ3) is 2.36. The topological polar surface area (TPSA) is 53.4 Å². The summed E-state index contributed by atoms with van der Waals surface area (Å²) in [6.45, 7) is 4.08. The van der Waals surface area contributed by atoms with Crippen LogP contribution in [0.2, 0.25) is 0 Å². The molecular formula is C10H16N2O3. The highest BCUT2D eigenvalue weighted by Crippen LogP contribution is 2.18. The molecule has 0 saturated carbocycles. The Labute approximate surface area is 89.0 Å². The zero-order chi connectivity index (χ0) is 11.4. The number of aryl methyl sites for hydroxylation is 1. The number of hydrogen-bond donors (Lipinski definition) is 0. The summed E-state index contributed by atoms with van der Waals surface area (Å²) in [5.74, 6) is 0.364. The Morgan fingerprint density at radius 1 is 1.67 bits per heavy atom. The fourth-order valence-electron chi connectivity index (χ4n) is 1.37. The molecule has 0 N–H and O–H groups in total. The molecule has 0 aliphatic carbocycles. The van der Waals surface area contributed by atoms with Crippen molar-refractivity contribution < 1.29 is 14.3 Å². The normalized spacial score (nSPS) is 12.5. The van der Waals surface area contributed by atoms with E-state index in [0.29, 0.717) is 18.1 Å². The summed E-state index contributed by atoms with van der Waals surface area (Å²) in [4.78, 5) is 11.9. The molecule has 1 unspecified atom stereocenters. The second-order valence-corrected chi connectivity index (χ2v) is 3.15. The molecule has 1 aromatic heterocycles. The van der Waals surface area contributed by atoms with Gasteiger partial charge in [-0.15, -0.1) is 0 Å². The van der Waals surface area contributed by atoms with Crippen molar-refractivity contribution in [2.24, 2.45) is 7.05 Å². The van der Waals surface area contributed by atoms with Gasteiger partial charge in [-0.2, -0.15) is 5.10 Å². The minimum Gasteiger partial charge on any atom is -0.493 e. The summed E-state index contributed by atoms with van der Waals surface area (Å²) >= 11 is 0. The zero-order valence-electron chi connectivity index (χ0n) is 9.48. The van der Waals surface area contributed by atoms with Crippen molar-refractivity contribution in [2.75, 3.05) is 13.7 Å². The molecule has 0 aliphatic heterocycles. The molecule has 0 fully saturated rings. The molecule has 1 aromatic rings. The van der Waals surface area contributed by atoms with Crippen molar-refractivity contribution in [1.82, 2.24) is 9.78 Å². The van der Waals surface area contributed by atoms with Crippen molar-refractivity contribution >= 4 is 5.78 Å². The number of hydrogen-bond acceptors (Lipinski definition) is 4. The van der Waals surface area contributed by atoms with Gasteiger partial charge >= 0.3 is 0 Å². The van der Waals surface area contributed by atoms with E-state index in [1.165, 1.54) is 18.0 Å². The number of nitrogens with zero attached hydrogens (tertiary/aromatic N) is 2. The average Bonchev–Trinajstić information content (AvgIpc) is 2.58. The highest BCUT2D eigenvalue weighted by Gasteiger charge is 2.23. The molecule has 0 radical (unpaired) electrons. The highest BCUT2D eigenvalue weighted by molar-refractivity contribution is 6.00. The maximum absolute atomic E-state index is 11.9. The van der Waals surface area contributed by atoms with E-state index < -0.39 is 6.10 Å². The number of aromatic nitrogens is 2. The molecule has 0 aliphatic rings. The van der Waals surface area contributed by atoms with Crippen LogP contribution in [0.3, 0.4) is 0 Å². The molecule has 1 atom stereocenters. The van der Waals surface area contributed by atoms with Crippen LogP contribution in [-0.2, 0) is 11.8 Å². The second kappa shape index (κ2) is 4.93. The van der Waals surface area contributed by atoms with Crippen molar-refractivity contribution in [3.63, 3.8) is 0 Å². The number of carbonyl (C=O) groups is 1. The molecule has 0 saturated heterocycles. The van der Waals surface area contributed by atoms with E-state index in [1.54, 1.807) is 14.0 Å². The molecule has 0 amide bonds. The molecule has 5 nitrogen and oxygen atoms in total. The SMILES string of the molecule is CCOC(C)C(=O)c1c(OC)cnn1C. The summed E-state index contributed by atoms with van der Waals surface area (Å²) in [7, 11) is 3.22. The van der Waals surface area contributed by atoms with E-state index in [9.17, 15) is 4.79 Å². The quantitative estimate of drug-likeness (QED) is 0.684. The van der Waals surface area contributed by atoms with Gasteiger partial charge in [0.25, 0.3) is 0 Å². The van der Waals surface area contributed by atoms with Gasteiger partial charge < -0.3 is 9.47 Å². The fraction of sp³-hybridized carbons (Fsp3) is 0.600. The first-order chi connectivity index (χ1) is 7.11. The lowest BCUT2D eigenvalue weighted by Gasteiger charge is -2.11. The minimum atomic E-state index is -0.473. The smallest absolute Gasteiger partial charge is 0.213 e. The Hall–Kier alpha value is -1.36. The van der Waals surface area contributed by atoms with E-state index in [4.69, 9.17) is 9.47 Å². The molecule has 0 aromatic carbocycles. The van der Waals surface area contributed by atoms with Crippen LogP contribution in [0.15, 0.2) is 6.20 Å². The van der Waals surface area contributed by atoms with Gasteiger partial charge in [0, 0.05) is 13.7 Å². The molecular weight excluding hydrogens is 196 g/mol.